The van der Waals surface area contributed by atoms with Crippen LogP contribution < -0.4 is 32.3 Å². The maximum atomic E-state index is 13.3. The maximum absolute atomic E-state index is 13.3. The zero-order chi connectivity index (χ0) is 59.3. The highest BCUT2D eigenvalue weighted by Crippen LogP contribution is 2.33. The molecule has 0 radical (unpaired) electrons. The van der Waals surface area contributed by atoms with Crippen LogP contribution in [0.15, 0.2) is 0 Å². The van der Waals surface area contributed by atoms with Crippen molar-refractivity contribution in [2.45, 2.75) is 217 Å². The van der Waals surface area contributed by atoms with Crippen LogP contribution in [0.4, 0.5) is 0 Å². The summed E-state index contributed by atoms with van der Waals surface area (Å²) in [5, 5.41) is 59.5. The first kappa shape index (κ1) is 70.9. The number of Topliss-reactive ketones (excluding diaryl/α,β-unsaturated/α-hetero) is 3. The van der Waals surface area contributed by atoms with Crippen LogP contribution in [0, 0.1) is 11.8 Å². The van der Waals surface area contributed by atoms with Gasteiger partial charge in [-0.15, -0.1) is 0 Å². The summed E-state index contributed by atoms with van der Waals surface area (Å²) < 4.78 is 0. The van der Waals surface area contributed by atoms with Crippen molar-refractivity contribution in [3.05, 3.63) is 0 Å². The number of rotatable bonds is 45. The van der Waals surface area contributed by atoms with E-state index in [1.54, 1.807) is 6.92 Å². The number of carboxylic acids is 5. The Balaban J connectivity index is 2.55. The molecule has 446 valence electrons. The Hall–Kier alpha value is -6.12. The molecule has 0 spiro atoms. The summed E-state index contributed by atoms with van der Waals surface area (Å²) in [5.74, 6) is -14.7. The number of amides is 6. The quantitative estimate of drug-likeness (QED) is 0.0306. The maximum Gasteiger partial charge on any atom is 0.326 e. The van der Waals surface area contributed by atoms with Crippen molar-refractivity contribution in [3.8, 4) is 0 Å². The third-order valence-corrected chi connectivity index (χ3v) is 15.6. The number of carbonyl (C=O) groups is 14. The van der Waals surface area contributed by atoms with Crippen molar-refractivity contribution in [1.82, 2.24) is 26.6 Å². The Bertz CT molecular complexity index is 2080. The van der Waals surface area contributed by atoms with Crippen LogP contribution in [-0.2, 0) is 67.1 Å². The molecule has 0 aromatic heterocycles. The van der Waals surface area contributed by atoms with E-state index in [0.29, 0.717) is 12.8 Å². The van der Waals surface area contributed by atoms with Gasteiger partial charge < -0.3 is 62.6 Å². The number of nitrogens with two attached hydrogens (primary N) is 1. The fourth-order valence-corrected chi connectivity index (χ4v) is 11.0. The highest BCUT2D eigenvalue weighted by molar-refractivity contribution is 8.76. The van der Waals surface area contributed by atoms with Gasteiger partial charge in [-0.1, -0.05) is 98.6 Å². The molecule has 0 saturated carbocycles. The van der Waals surface area contributed by atoms with Gasteiger partial charge in [0.05, 0.1) is 12.0 Å². The van der Waals surface area contributed by atoms with E-state index in [1.807, 2.05) is 0 Å². The van der Waals surface area contributed by atoms with Crippen molar-refractivity contribution < 1.29 is 92.7 Å². The molecule has 0 aromatic rings. The Morgan fingerprint density at radius 3 is 1.08 bits per heavy atom. The highest BCUT2D eigenvalue weighted by atomic mass is 33.1. The van der Waals surface area contributed by atoms with Crippen molar-refractivity contribution in [1.29, 1.82) is 0 Å². The van der Waals surface area contributed by atoms with Gasteiger partial charge in [0.25, 0.3) is 0 Å². The van der Waals surface area contributed by atoms with Gasteiger partial charge in [0.1, 0.15) is 35.7 Å². The van der Waals surface area contributed by atoms with E-state index in [9.17, 15) is 92.7 Å². The molecule has 12 N–H and O–H groups in total. The molecule has 1 saturated heterocycles. The molecule has 25 nitrogen and oxygen atoms in total. The lowest BCUT2D eigenvalue weighted by atomic mass is 9.90. The number of carbonyl (C=O) groups excluding carboxylic acids is 9. The number of nitrogens with one attached hydrogen (secondary N) is 5. The summed E-state index contributed by atoms with van der Waals surface area (Å²) in [6, 6.07) is -7.85. The predicted octanol–water partition coefficient (Wildman–Crippen LogP) is 3.60. The minimum Gasteiger partial charge on any atom is -0.481 e. The van der Waals surface area contributed by atoms with Crippen LogP contribution in [0.1, 0.15) is 187 Å². The molecule has 0 aliphatic carbocycles. The SMILES string of the molecule is CC(=O)CCCCCCCCCCCCCCCCC(=O)N[C@@H](CCC(=O)N[C@@H](CCC(=O)N[C@@H](CCC(=O)N[C@@H](CCC(=O)N[C@@H](CCC(N)=O)C(=O)C[C@H]1CSSC[C@@H](C(=O)O)CC1=O)C(=O)O)C(=O)O)C(=O)O)C(=O)O. The second kappa shape index (κ2) is 41.0. The highest BCUT2D eigenvalue weighted by Gasteiger charge is 2.33. The van der Waals surface area contributed by atoms with E-state index in [4.69, 9.17) is 5.73 Å². The molecule has 6 amide bonds. The van der Waals surface area contributed by atoms with E-state index in [2.05, 4.69) is 26.6 Å². The summed E-state index contributed by atoms with van der Waals surface area (Å²) >= 11 is 0. The molecule has 0 aromatic carbocycles. The third kappa shape index (κ3) is 34.5. The van der Waals surface area contributed by atoms with E-state index in [0.717, 1.165) is 44.9 Å². The van der Waals surface area contributed by atoms with Crippen LogP contribution in [0.25, 0.3) is 0 Å². The van der Waals surface area contributed by atoms with Crippen LogP contribution in [0.2, 0.25) is 0 Å². The average Bonchev–Trinajstić information content (AvgIpc) is 3.36. The lowest BCUT2D eigenvalue weighted by Gasteiger charge is -2.23. The average molecular weight is 1160 g/mol. The standard InChI is InChI=1S/C52H82N6O19S2/c1-32(59)16-14-12-10-8-6-4-2-3-5-7-9-11-13-15-17-43(63)55-36(49(70)71)20-25-45(65)57-38(51(74)75)22-27-47(67)58-39(52(76)77)21-26-46(66)56-37(50(72)73)19-24-44(64)54-35(18-23-42(53)62)41(61)28-33-30-78-79-31-34(48(68)69)29-40(33)60/h33-39H,2-31H2,1H3,(H2,53,62)(H,54,64)(H,55,63)(H,56,66)(H,57,65)(H,58,67)(H,68,69)(H,70,71)(H,72,73)(H,74,75)(H,76,77)/t33-,34-,35-,36-,37-,38-,39-/m0/s1. The Kier molecular flexibility index (Phi) is 36.8. The van der Waals surface area contributed by atoms with Crippen molar-refractivity contribution >= 4 is 104 Å². The molecule has 1 fully saturated rings. The number of aliphatic carboxylic acids is 5. The first-order valence-corrected chi connectivity index (χ1v) is 29.6. The van der Waals surface area contributed by atoms with E-state index >= 15 is 0 Å². The molecular weight excluding hydrogens is 1080 g/mol. The summed E-state index contributed by atoms with van der Waals surface area (Å²) in [6.45, 7) is 1.62. The first-order valence-electron chi connectivity index (χ1n) is 27.1. The third-order valence-electron chi connectivity index (χ3n) is 13.1. The lowest BCUT2D eigenvalue weighted by Crippen LogP contribution is -2.46. The Morgan fingerprint density at radius 2 is 0.747 bits per heavy atom. The number of unbranched alkanes of at least 4 members (excludes halogenated alkanes) is 13. The second-order valence-corrected chi connectivity index (χ2v) is 22.5. The molecule has 79 heavy (non-hydrogen) atoms. The monoisotopic (exact) mass is 1160 g/mol. The number of hydrogen-bond acceptors (Lipinski definition) is 16. The summed E-state index contributed by atoms with van der Waals surface area (Å²) in [7, 11) is 2.46. The van der Waals surface area contributed by atoms with Crippen molar-refractivity contribution in [3.63, 3.8) is 0 Å². The van der Waals surface area contributed by atoms with Crippen molar-refractivity contribution in [2.24, 2.45) is 17.6 Å². The Morgan fingerprint density at radius 1 is 0.443 bits per heavy atom. The molecule has 27 heteroatoms. The number of primary amides is 1. The molecule has 1 heterocycles. The summed E-state index contributed by atoms with van der Waals surface area (Å²) in [6.07, 6.45) is 9.86. The van der Waals surface area contributed by atoms with E-state index < -0.39 is 164 Å². The lowest BCUT2D eigenvalue weighted by molar-refractivity contribution is -0.144. The predicted molar refractivity (Wildman–Crippen MR) is 289 cm³/mol. The first-order chi connectivity index (χ1) is 37.4. The molecule has 1 aliphatic rings. The van der Waals surface area contributed by atoms with Gasteiger partial charge in [0.15, 0.2) is 5.78 Å². The minimum absolute atomic E-state index is 0.0857. The van der Waals surface area contributed by atoms with Gasteiger partial charge >= 0.3 is 29.8 Å². The van der Waals surface area contributed by atoms with Gasteiger partial charge in [-0.3, -0.25) is 43.2 Å². The van der Waals surface area contributed by atoms with Crippen LogP contribution in [-0.4, -0.2) is 150 Å². The topological polar surface area (TPSA) is 426 Å². The molecule has 0 unspecified atom stereocenters. The number of ketones is 3. The van der Waals surface area contributed by atoms with Gasteiger partial charge in [0, 0.05) is 75.2 Å². The number of hydrogen-bond donors (Lipinski definition) is 11. The van der Waals surface area contributed by atoms with Crippen molar-refractivity contribution in [2.75, 3.05) is 11.5 Å². The summed E-state index contributed by atoms with van der Waals surface area (Å²) in [5.41, 5.74) is 5.24. The second-order valence-electron chi connectivity index (χ2n) is 19.9. The van der Waals surface area contributed by atoms with E-state index in [1.165, 1.54) is 60.1 Å². The normalized spacial score (nSPS) is 16.2. The van der Waals surface area contributed by atoms with Crippen LogP contribution in [0.3, 0.4) is 0 Å². The van der Waals surface area contributed by atoms with Gasteiger partial charge in [-0.05, 0) is 51.9 Å². The smallest absolute Gasteiger partial charge is 0.326 e. The van der Waals surface area contributed by atoms with Gasteiger partial charge in [-0.2, -0.15) is 0 Å². The minimum atomic E-state index is -1.72. The zero-order valence-electron chi connectivity index (χ0n) is 45.1. The zero-order valence-corrected chi connectivity index (χ0v) is 46.7. The van der Waals surface area contributed by atoms with E-state index in [-0.39, 0.29) is 55.8 Å². The molecular formula is C52H82N6O19S2. The van der Waals surface area contributed by atoms with Crippen LogP contribution in [0.5, 0.6) is 0 Å². The fraction of sp³-hybridized carbons (Fsp3) is 0.731. The number of carboxylic acid groups (broad SMARTS) is 5. The largest absolute Gasteiger partial charge is 0.481 e. The van der Waals surface area contributed by atoms with Gasteiger partial charge in [-0.25, -0.2) is 19.2 Å². The van der Waals surface area contributed by atoms with Crippen LogP contribution >= 0.6 is 21.6 Å². The van der Waals surface area contributed by atoms with Gasteiger partial charge in [0.2, 0.25) is 35.4 Å². The summed E-state index contributed by atoms with van der Waals surface area (Å²) in [4.78, 5) is 172. The Labute approximate surface area is 467 Å². The molecule has 1 rings (SSSR count). The molecule has 1 aliphatic heterocycles. The molecule has 0 bridgehead atoms. The fourth-order valence-electron chi connectivity index (χ4n) is 8.38. The molecule has 7 atom stereocenters.